The number of rotatable bonds is 10. The Morgan fingerprint density at radius 2 is 0.921 bits per heavy atom. The molecule has 682 valence electrons. The third kappa shape index (κ3) is 28.7. The zero-order valence-corrected chi connectivity index (χ0v) is 84.9. The fourth-order valence-electron chi connectivity index (χ4n) is 14.3. The zero-order valence-electron chi connectivity index (χ0n) is 82.5. The van der Waals surface area contributed by atoms with Crippen molar-refractivity contribution in [2.75, 3.05) is 82.8 Å². The topological polar surface area (TPSA) is 227 Å². The van der Waals surface area contributed by atoms with Crippen LogP contribution < -0.4 is 14.9 Å². The number of para-hydroxylation sites is 4. The Balaban J connectivity index is 0.000000223. The van der Waals surface area contributed by atoms with Gasteiger partial charge in [-0.25, -0.2) is 46.0 Å². The highest BCUT2D eigenvalue weighted by Gasteiger charge is 2.31. The van der Waals surface area contributed by atoms with Crippen LogP contribution in [0.25, 0.3) is 54.9 Å². The van der Waals surface area contributed by atoms with Crippen LogP contribution in [-0.4, -0.2) is 148 Å². The monoisotopic (exact) mass is 1770 g/mol. The van der Waals surface area contributed by atoms with E-state index in [-0.39, 0.29) is 43.3 Å². The minimum Gasteiger partial charge on any atom is -0.383 e. The molecule has 13 aromatic rings. The molecular formula is C104H148N14O5S3. The first-order valence-corrected chi connectivity index (χ1v) is 48.4. The van der Waals surface area contributed by atoms with Gasteiger partial charge >= 0.3 is 0 Å². The van der Waals surface area contributed by atoms with Crippen LogP contribution >= 0.6 is 0 Å². The van der Waals surface area contributed by atoms with E-state index in [1.807, 2.05) is 189 Å². The van der Waals surface area contributed by atoms with Gasteiger partial charge in [-0.2, -0.15) is 9.40 Å². The summed E-state index contributed by atoms with van der Waals surface area (Å²) in [6.07, 6.45) is 11.8. The zero-order chi connectivity index (χ0) is 95.2. The number of sulfone groups is 1. The van der Waals surface area contributed by atoms with E-state index in [1.165, 1.54) is 77.8 Å². The number of nitrogen functional groups attached to an aromatic ring is 1. The van der Waals surface area contributed by atoms with Crippen molar-refractivity contribution in [3.05, 3.63) is 258 Å². The molecule has 1 atom stereocenters. The van der Waals surface area contributed by atoms with Crippen LogP contribution in [0.3, 0.4) is 0 Å². The maximum atomic E-state index is 12.7. The van der Waals surface area contributed by atoms with Gasteiger partial charge in [0.15, 0.2) is 9.84 Å². The Morgan fingerprint density at radius 3 is 1.44 bits per heavy atom. The molecule has 5 aromatic heterocycles. The fraction of sp³-hybridized carbons (Fsp3) is 0.433. The lowest BCUT2D eigenvalue weighted by Gasteiger charge is -2.29. The van der Waals surface area contributed by atoms with Crippen molar-refractivity contribution < 1.29 is 21.0 Å². The van der Waals surface area contributed by atoms with Crippen molar-refractivity contribution in [1.82, 2.24) is 53.5 Å². The van der Waals surface area contributed by atoms with Gasteiger partial charge in [0.1, 0.15) is 18.5 Å². The van der Waals surface area contributed by atoms with Gasteiger partial charge in [0.2, 0.25) is 10.0 Å². The maximum Gasteiger partial charge on any atom is 0.243 e. The van der Waals surface area contributed by atoms with Crippen LogP contribution in [0, 0.1) is 6.92 Å². The molecule has 22 heteroatoms. The summed E-state index contributed by atoms with van der Waals surface area (Å²) >= 11 is 0. The molecule has 126 heavy (non-hydrogen) atoms. The Hall–Kier alpha value is -10.1. The van der Waals surface area contributed by atoms with Crippen LogP contribution in [0.1, 0.15) is 217 Å². The number of hydrogen-bond donors (Lipinski definition) is 2. The summed E-state index contributed by atoms with van der Waals surface area (Å²) in [5, 5.41) is 9.14. The number of hydrogen-bond acceptors (Lipinski definition) is 14. The predicted octanol–water partition coefficient (Wildman–Crippen LogP) is 22.8. The van der Waals surface area contributed by atoms with Gasteiger partial charge in [-0.15, -0.1) is 0 Å². The molecule has 0 radical (unpaired) electrons. The standard InChI is InChI=1S/C15H26N2O2S.C14H18N2.C13H18N2.C13H21NO2S.C13H21NOS.C12H15N3.C12H14N2.C12H15N/c1-15(2,3)13-9-7-8-10-14(13)20(18,19)17(6)12-11-16(4)5;1-14(2,3)12-8-6-5-7-11(12)13-9-16(4)10-15-13;1-9-12-10(13(2,3)4)7-6-8-11(12)15(5)14-9;1-13(2,3)10-8-7-9-11(14(4)5)12(10)17(6,15)16;1-13(2,3)11-9-7-8-10-12(11)14(4)16(5,6)15;1-12(2,3)9-6-4-5-8-10(9)14-7-15-11(8)13;1-12(2,3)10-6-4-5-9-7-13-8-14-11(9)10;1-12(2,3)11-8-9-6-4-5-7-10(9)13-11/h7-10H,11-12H2,1-6H3;5-10H,1-4H3;6-8H,1-5H3;7-9H,1-6H3;7-10H,5H2,1-4,6H3;4-7H,1-3H3,(H2,13,14,15);4-8H,1-3H3;4-8,13H,1-3H3. The van der Waals surface area contributed by atoms with E-state index in [4.69, 9.17) is 5.73 Å². The quantitative estimate of drug-likeness (QED) is 0.121. The number of benzene rings is 8. The van der Waals surface area contributed by atoms with E-state index in [2.05, 4.69) is 276 Å². The summed E-state index contributed by atoms with van der Waals surface area (Å²) in [5.74, 6) is 4.27. The van der Waals surface area contributed by atoms with Crippen molar-refractivity contribution >= 4 is 96.2 Å². The Bertz CT molecular complexity index is 6100. The number of nitrogens with one attached hydrogen (secondary N) is 1. The average molecular weight is 1770 g/mol. The third-order valence-corrected chi connectivity index (χ3v) is 25.7. The summed E-state index contributed by atoms with van der Waals surface area (Å²) in [6, 6.07) is 58.8. The van der Waals surface area contributed by atoms with Crippen LogP contribution in [0.5, 0.6) is 0 Å². The van der Waals surface area contributed by atoms with Crippen LogP contribution in [0.15, 0.2) is 217 Å². The average Bonchev–Trinajstić information content (AvgIpc) is 1.62. The van der Waals surface area contributed by atoms with E-state index in [0.29, 0.717) is 28.7 Å². The second kappa shape index (κ2) is 41.8. The van der Waals surface area contributed by atoms with Crippen LogP contribution in [0.2, 0.25) is 0 Å². The predicted molar refractivity (Wildman–Crippen MR) is 540 cm³/mol. The maximum absolute atomic E-state index is 12.7. The number of H-pyrrole nitrogens is 1. The number of nitrogens with zero attached hydrogens (tertiary/aromatic N) is 12. The molecule has 0 spiro atoms. The summed E-state index contributed by atoms with van der Waals surface area (Å²) in [5.41, 5.74) is 25.2. The highest BCUT2D eigenvalue weighted by atomic mass is 32.2. The molecule has 0 bridgehead atoms. The van der Waals surface area contributed by atoms with E-state index >= 15 is 0 Å². The van der Waals surface area contributed by atoms with E-state index in [9.17, 15) is 21.0 Å². The van der Waals surface area contributed by atoms with E-state index in [0.717, 1.165) is 55.7 Å². The molecule has 0 fully saturated rings. The summed E-state index contributed by atoms with van der Waals surface area (Å²) in [7, 11) is 6.17. The van der Waals surface area contributed by atoms with Crippen molar-refractivity contribution in [2.24, 2.45) is 14.1 Å². The van der Waals surface area contributed by atoms with Gasteiger partial charge in [0.25, 0.3) is 0 Å². The summed E-state index contributed by atoms with van der Waals surface area (Å²) in [6.45, 7) is 55.1. The lowest BCUT2D eigenvalue weighted by atomic mass is 9.83. The lowest BCUT2D eigenvalue weighted by Crippen LogP contribution is -2.34. The SMILES string of the molecule is C=S(C)(=O)N(C)c1ccccc1C(C)(C)C.CC(C)(C)c1cc2ccccc2[nH]1.CC(C)(C)c1cccc2c(N)ncnc12.CC(C)(C)c1cccc2cncnc12.CN(C)CCN(C)S(=O)(=O)c1ccccc1C(C)(C)C.CN(C)c1cccc(C(C)(C)C)c1S(C)(=O)=O.Cc1nn(C)c2cccc(C(C)(C)C)c12.Cn1cnc(-c2ccccc2C(C)(C)C)c1. The summed E-state index contributed by atoms with van der Waals surface area (Å²) < 4.78 is 68.6. The molecule has 0 saturated carbocycles. The number of aryl methyl sites for hydroxylation is 3. The number of imidazole rings is 1. The van der Waals surface area contributed by atoms with Gasteiger partial charge in [-0.1, -0.05) is 300 Å². The molecule has 13 rings (SSSR count). The molecule has 0 saturated heterocycles. The second-order valence-corrected chi connectivity index (χ2v) is 47.7. The molecule has 8 aromatic carbocycles. The minimum absolute atomic E-state index is 0.0372. The lowest BCUT2D eigenvalue weighted by molar-refractivity contribution is 0.358. The fourth-order valence-corrected chi connectivity index (χ4v) is 17.8. The van der Waals surface area contributed by atoms with Crippen LogP contribution in [-0.2, 0) is 87.0 Å². The number of aromatic nitrogens is 9. The minimum atomic E-state index is -3.44. The molecular weight excluding hydrogens is 1620 g/mol. The number of aromatic amines is 1. The number of sulfonamides is 1. The van der Waals surface area contributed by atoms with Crippen molar-refractivity contribution in [3.63, 3.8) is 0 Å². The highest BCUT2D eigenvalue weighted by molar-refractivity contribution is 8.00. The Labute approximate surface area is 757 Å². The van der Waals surface area contributed by atoms with Gasteiger partial charge < -0.3 is 29.4 Å². The third-order valence-electron chi connectivity index (χ3n) is 21.3. The summed E-state index contributed by atoms with van der Waals surface area (Å²) in [4.78, 5) is 29.2. The number of nitrogens with two attached hydrogens (primary N) is 1. The number of fused-ring (bicyclic) bond motifs is 4. The first-order valence-electron chi connectivity index (χ1n) is 43.0. The first-order chi connectivity index (χ1) is 57.8. The van der Waals surface area contributed by atoms with Crippen LogP contribution in [0.4, 0.5) is 17.2 Å². The Morgan fingerprint density at radius 1 is 0.460 bits per heavy atom. The van der Waals surface area contributed by atoms with Gasteiger partial charge in [-0.05, 0) is 152 Å². The molecule has 19 nitrogen and oxygen atoms in total. The normalized spacial score (nSPS) is 12.7. The number of anilines is 3. The molecule has 0 amide bonds. The molecule has 5 heterocycles. The van der Waals surface area contributed by atoms with E-state index in [1.54, 1.807) is 36.1 Å². The highest BCUT2D eigenvalue weighted by Crippen LogP contribution is 2.39. The number of likely N-dealkylation sites (N-methyl/N-ethyl adjacent to an activating group) is 2. The smallest absolute Gasteiger partial charge is 0.243 e. The van der Waals surface area contributed by atoms with Crippen molar-refractivity contribution in [2.45, 2.75) is 226 Å². The van der Waals surface area contributed by atoms with Gasteiger partial charge in [0, 0.05) is 128 Å². The molecule has 0 aliphatic rings. The van der Waals surface area contributed by atoms with Crippen molar-refractivity contribution in [3.8, 4) is 11.3 Å². The second-order valence-electron chi connectivity index (χ2n) is 41.3. The Kier molecular flexibility index (Phi) is 34.7. The molecule has 0 aliphatic heterocycles. The van der Waals surface area contributed by atoms with Crippen molar-refractivity contribution in [1.29, 1.82) is 0 Å². The molecule has 3 N–H and O–H groups in total. The molecule has 1 unspecified atom stereocenters. The van der Waals surface area contributed by atoms with E-state index < -0.39 is 29.6 Å². The first kappa shape index (κ1) is 105. The largest absolute Gasteiger partial charge is 0.383 e. The van der Waals surface area contributed by atoms with Gasteiger partial charge in [0.05, 0.1) is 55.4 Å². The molecule has 0 aliphatic carbocycles. The van der Waals surface area contributed by atoms with Gasteiger partial charge in [-0.3, -0.25) is 4.68 Å².